The van der Waals surface area contributed by atoms with E-state index in [4.69, 9.17) is 4.74 Å². The van der Waals surface area contributed by atoms with Gasteiger partial charge in [0.05, 0.1) is 16.3 Å². The highest BCUT2D eigenvalue weighted by molar-refractivity contribution is 9.10. The fourth-order valence-electron chi connectivity index (χ4n) is 5.44. The quantitative estimate of drug-likeness (QED) is 0.154. The SMILES string of the molecule is O=C(NC(Cc1c(-c2cccc([N+](=O)[O-])c2)nc2ccc(Br)cn12)C(=O)O)OCC1c2ccccc2-c2ccccc21. The molecule has 210 valence electrons. The molecule has 10 nitrogen and oxygen atoms in total. The van der Waals surface area contributed by atoms with Crippen molar-refractivity contribution in [2.45, 2.75) is 18.4 Å². The highest BCUT2D eigenvalue weighted by Crippen LogP contribution is 2.44. The number of hydrogen-bond acceptors (Lipinski definition) is 6. The summed E-state index contributed by atoms with van der Waals surface area (Å²) in [6.07, 6.45) is 0.705. The van der Waals surface area contributed by atoms with Crippen molar-refractivity contribution < 1.29 is 24.4 Å². The van der Waals surface area contributed by atoms with E-state index < -0.39 is 23.0 Å². The number of aromatic nitrogens is 2. The number of hydrogen-bond donors (Lipinski definition) is 2. The van der Waals surface area contributed by atoms with Gasteiger partial charge in [0.15, 0.2) is 0 Å². The minimum Gasteiger partial charge on any atom is -0.480 e. The van der Waals surface area contributed by atoms with Gasteiger partial charge in [0.2, 0.25) is 0 Å². The number of ether oxygens (including phenoxy) is 1. The number of nitro benzene ring substituents is 1. The van der Waals surface area contributed by atoms with Crippen molar-refractivity contribution in [3.05, 3.63) is 123 Å². The van der Waals surface area contributed by atoms with E-state index in [0.29, 0.717) is 22.6 Å². The van der Waals surface area contributed by atoms with Gasteiger partial charge in [0.25, 0.3) is 5.69 Å². The van der Waals surface area contributed by atoms with Crippen LogP contribution < -0.4 is 5.32 Å². The van der Waals surface area contributed by atoms with Crippen LogP contribution in [0.5, 0.6) is 0 Å². The maximum Gasteiger partial charge on any atom is 0.407 e. The first kappa shape index (κ1) is 27.2. The third-order valence-corrected chi connectivity index (χ3v) is 7.81. The van der Waals surface area contributed by atoms with Crippen molar-refractivity contribution in [2.24, 2.45) is 0 Å². The first-order valence-electron chi connectivity index (χ1n) is 13.1. The monoisotopic (exact) mass is 626 g/mol. The molecule has 0 spiro atoms. The normalized spacial score (nSPS) is 12.9. The third-order valence-electron chi connectivity index (χ3n) is 7.34. The van der Waals surface area contributed by atoms with Gasteiger partial charge in [-0.1, -0.05) is 60.7 Å². The summed E-state index contributed by atoms with van der Waals surface area (Å²) in [5, 5.41) is 24.0. The Kier molecular flexibility index (Phi) is 7.17. The molecule has 1 aliphatic carbocycles. The second kappa shape index (κ2) is 11.1. The van der Waals surface area contributed by atoms with Gasteiger partial charge in [-0.15, -0.1) is 0 Å². The Morgan fingerprint density at radius 3 is 2.38 bits per heavy atom. The molecule has 0 radical (unpaired) electrons. The van der Waals surface area contributed by atoms with Gasteiger partial charge in [0.1, 0.15) is 18.3 Å². The van der Waals surface area contributed by atoms with Crippen LogP contribution in [0.25, 0.3) is 28.0 Å². The van der Waals surface area contributed by atoms with Gasteiger partial charge in [-0.25, -0.2) is 14.6 Å². The van der Waals surface area contributed by atoms with Gasteiger partial charge < -0.3 is 19.6 Å². The molecule has 11 heteroatoms. The summed E-state index contributed by atoms with van der Waals surface area (Å²) in [6.45, 7) is 0.0354. The van der Waals surface area contributed by atoms with E-state index in [1.165, 1.54) is 12.1 Å². The van der Waals surface area contributed by atoms with E-state index in [2.05, 4.69) is 26.2 Å². The van der Waals surface area contributed by atoms with Crippen molar-refractivity contribution in [1.29, 1.82) is 0 Å². The molecule has 0 fully saturated rings. The van der Waals surface area contributed by atoms with E-state index in [1.807, 2.05) is 48.5 Å². The minimum atomic E-state index is -1.36. The highest BCUT2D eigenvalue weighted by Gasteiger charge is 2.30. The number of nitrogens with one attached hydrogen (secondary N) is 1. The molecule has 2 heterocycles. The number of carbonyl (C=O) groups is 2. The number of carbonyl (C=O) groups excluding carboxylic acids is 1. The van der Waals surface area contributed by atoms with Crippen molar-refractivity contribution in [3.8, 4) is 22.4 Å². The molecular weight excluding hydrogens is 604 g/mol. The van der Waals surface area contributed by atoms with Crippen molar-refractivity contribution in [2.75, 3.05) is 6.61 Å². The summed E-state index contributed by atoms with van der Waals surface area (Å²) in [7, 11) is 0. The third kappa shape index (κ3) is 5.10. The number of non-ortho nitro benzene ring substituents is 1. The van der Waals surface area contributed by atoms with Gasteiger partial charge in [-0.05, 0) is 50.3 Å². The molecule has 0 bridgehead atoms. The zero-order valence-corrected chi connectivity index (χ0v) is 23.5. The number of halogens is 1. The van der Waals surface area contributed by atoms with Crippen LogP contribution in [0, 0.1) is 10.1 Å². The first-order valence-corrected chi connectivity index (χ1v) is 13.8. The molecule has 42 heavy (non-hydrogen) atoms. The molecule has 3 aromatic carbocycles. The number of pyridine rings is 1. The average Bonchev–Trinajstić information content (AvgIpc) is 3.51. The average molecular weight is 627 g/mol. The molecule has 1 unspecified atom stereocenters. The van der Waals surface area contributed by atoms with Crippen LogP contribution in [0.3, 0.4) is 0 Å². The van der Waals surface area contributed by atoms with Crippen molar-refractivity contribution in [1.82, 2.24) is 14.7 Å². The molecule has 1 aliphatic rings. The molecule has 1 atom stereocenters. The highest BCUT2D eigenvalue weighted by atomic mass is 79.9. The van der Waals surface area contributed by atoms with E-state index in [1.54, 1.807) is 34.9 Å². The molecule has 1 amide bonds. The van der Waals surface area contributed by atoms with Crippen LogP contribution >= 0.6 is 15.9 Å². The number of carboxylic acid groups (broad SMARTS) is 1. The molecule has 2 aromatic heterocycles. The Morgan fingerprint density at radius 2 is 1.71 bits per heavy atom. The second-order valence-corrected chi connectivity index (χ2v) is 10.8. The Balaban J connectivity index is 1.26. The second-order valence-electron chi connectivity index (χ2n) is 9.85. The number of alkyl carbamates (subject to hydrolysis) is 1. The Morgan fingerprint density at radius 1 is 1.02 bits per heavy atom. The predicted octanol–water partition coefficient (Wildman–Crippen LogP) is 6.21. The van der Waals surface area contributed by atoms with Crippen LogP contribution in [-0.4, -0.2) is 44.1 Å². The van der Waals surface area contributed by atoms with Gasteiger partial charge in [-0.3, -0.25) is 10.1 Å². The number of fused-ring (bicyclic) bond motifs is 4. The number of carboxylic acids is 1. The van der Waals surface area contributed by atoms with E-state index >= 15 is 0 Å². The summed E-state index contributed by atoms with van der Waals surface area (Å²) < 4.78 is 8.00. The number of rotatable bonds is 8. The van der Waals surface area contributed by atoms with Gasteiger partial charge >= 0.3 is 12.1 Å². The van der Waals surface area contributed by atoms with Crippen LogP contribution in [0.1, 0.15) is 22.7 Å². The molecule has 0 aliphatic heterocycles. The molecule has 0 saturated carbocycles. The lowest BCUT2D eigenvalue weighted by molar-refractivity contribution is -0.384. The summed E-state index contributed by atoms with van der Waals surface area (Å²) in [4.78, 5) is 40.8. The zero-order valence-electron chi connectivity index (χ0n) is 21.9. The Hall–Kier alpha value is -5.03. The van der Waals surface area contributed by atoms with Crippen molar-refractivity contribution in [3.63, 3.8) is 0 Å². The summed E-state index contributed by atoms with van der Waals surface area (Å²) in [5.74, 6) is -1.44. The summed E-state index contributed by atoms with van der Waals surface area (Å²) in [5.41, 5.74) is 5.91. The zero-order chi connectivity index (χ0) is 29.4. The topological polar surface area (TPSA) is 136 Å². The largest absolute Gasteiger partial charge is 0.480 e. The lowest BCUT2D eigenvalue weighted by Gasteiger charge is -2.18. The standard InChI is InChI=1S/C31H23BrN4O6/c32-19-12-13-28-34-29(18-6-5-7-20(14-18)36(40)41)27(35(28)16-19)15-26(30(37)38)33-31(39)42-17-25-23-10-3-1-8-21(23)22-9-2-4-11-24(22)25/h1-14,16,25-26H,15,17H2,(H,33,39)(H,37,38). The Bertz CT molecular complexity index is 1820. The van der Waals surface area contributed by atoms with Crippen LogP contribution in [0.4, 0.5) is 10.5 Å². The van der Waals surface area contributed by atoms with E-state index in [9.17, 15) is 24.8 Å². The minimum absolute atomic E-state index is 0.0354. The lowest BCUT2D eigenvalue weighted by Crippen LogP contribution is -2.43. The number of nitro groups is 1. The van der Waals surface area contributed by atoms with Gasteiger partial charge in [-0.2, -0.15) is 0 Å². The van der Waals surface area contributed by atoms with Crippen LogP contribution in [-0.2, 0) is 16.0 Å². The maximum atomic E-state index is 13.0. The van der Waals surface area contributed by atoms with E-state index in [-0.39, 0.29) is 24.6 Å². The van der Waals surface area contributed by atoms with Crippen molar-refractivity contribution >= 4 is 39.3 Å². The summed E-state index contributed by atoms with van der Waals surface area (Å²) >= 11 is 3.43. The summed E-state index contributed by atoms with van der Waals surface area (Å²) in [6, 6.07) is 24.0. The fraction of sp³-hybridized carbons (Fsp3) is 0.129. The fourth-order valence-corrected chi connectivity index (χ4v) is 5.77. The van der Waals surface area contributed by atoms with Crippen LogP contribution in [0.15, 0.2) is 95.6 Å². The molecule has 5 aromatic rings. The maximum absolute atomic E-state index is 13.0. The number of nitrogens with zero attached hydrogens (tertiary/aromatic N) is 3. The Labute approximate surface area is 247 Å². The van der Waals surface area contributed by atoms with Crippen LogP contribution in [0.2, 0.25) is 0 Å². The number of benzene rings is 3. The van der Waals surface area contributed by atoms with Gasteiger partial charge in [0, 0.05) is 40.7 Å². The number of imidazole rings is 1. The number of aliphatic carboxylic acids is 1. The molecule has 0 saturated heterocycles. The van der Waals surface area contributed by atoms with E-state index in [0.717, 1.165) is 26.7 Å². The predicted molar refractivity (Wildman–Crippen MR) is 158 cm³/mol. The lowest BCUT2D eigenvalue weighted by atomic mass is 9.98. The number of amides is 1. The smallest absolute Gasteiger partial charge is 0.407 e. The molecular formula is C31H23BrN4O6. The molecule has 2 N–H and O–H groups in total. The first-order chi connectivity index (χ1) is 20.3. The molecule has 6 rings (SSSR count).